The summed E-state index contributed by atoms with van der Waals surface area (Å²) in [6, 6.07) is 11.9. The number of rotatable bonds is 6. The molecule has 2 N–H and O–H groups in total. The van der Waals surface area contributed by atoms with Gasteiger partial charge in [0, 0.05) is 20.8 Å². The maximum absolute atomic E-state index is 6.53. The van der Waals surface area contributed by atoms with E-state index in [2.05, 4.69) is 52.0 Å². The molecule has 2 aromatic carbocycles. The number of hydrogen-bond donors (Lipinski definition) is 1. The number of aryl methyl sites for hydroxylation is 2. The van der Waals surface area contributed by atoms with Gasteiger partial charge in [0.15, 0.2) is 0 Å². The van der Waals surface area contributed by atoms with Gasteiger partial charge < -0.3 is 10.5 Å². The van der Waals surface area contributed by atoms with Crippen LogP contribution >= 0.6 is 38.9 Å². The zero-order valence-corrected chi connectivity index (χ0v) is 21.6. The molecule has 0 saturated heterocycles. The Labute approximate surface area is 207 Å². The van der Waals surface area contributed by atoms with Gasteiger partial charge in [-0.05, 0) is 61.6 Å². The van der Waals surface area contributed by atoms with E-state index in [0.717, 1.165) is 49.3 Å². The Kier molecular flexibility index (Phi) is 7.27. The lowest BCUT2D eigenvalue weighted by atomic mass is 9.94. The molecule has 1 unspecified atom stereocenters. The molecular weight excluding hydrogens is 504 g/mol. The number of ether oxygens (including phenoxy) is 1. The predicted octanol–water partition coefficient (Wildman–Crippen LogP) is 7.44. The Bertz CT molecular complexity index is 1180. The van der Waals surface area contributed by atoms with E-state index in [1.54, 1.807) is 18.4 Å². The van der Waals surface area contributed by atoms with Crippen LogP contribution < -0.4 is 10.5 Å². The summed E-state index contributed by atoms with van der Waals surface area (Å²) in [5, 5.41) is 1.43. The first-order chi connectivity index (χ1) is 15.4. The molecule has 6 heteroatoms. The molecule has 0 bridgehead atoms. The largest absolute Gasteiger partial charge is 0.496 e. The zero-order chi connectivity index (χ0) is 22.8. The molecule has 3 nitrogen and oxygen atoms in total. The van der Waals surface area contributed by atoms with Gasteiger partial charge in [0.05, 0.1) is 17.8 Å². The van der Waals surface area contributed by atoms with E-state index in [4.69, 9.17) is 27.1 Å². The van der Waals surface area contributed by atoms with Crippen LogP contribution in [0.3, 0.4) is 0 Å². The lowest BCUT2D eigenvalue weighted by Crippen LogP contribution is -2.08. The summed E-state index contributed by atoms with van der Waals surface area (Å²) >= 11 is 11.6. The van der Waals surface area contributed by atoms with E-state index in [1.165, 1.54) is 18.4 Å². The van der Waals surface area contributed by atoms with E-state index in [9.17, 15) is 0 Å². The van der Waals surface area contributed by atoms with Crippen molar-refractivity contribution in [3.05, 3.63) is 66.9 Å². The van der Waals surface area contributed by atoms with Crippen LogP contribution in [0.25, 0.3) is 11.3 Å². The zero-order valence-electron chi connectivity index (χ0n) is 18.4. The number of nitrogens with zero attached hydrogens (tertiary/aromatic N) is 1. The quantitative estimate of drug-likeness (QED) is 0.338. The van der Waals surface area contributed by atoms with Crippen molar-refractivity contribution in [2.24, 2.45) is 11.7 Å². The average molecular weight is 530 g/mol. The molecule has 2 atom stereocenters. The van der Waals surface area contributed by atoms with Crippen molar-refractivity contribution in [1.29, 1.82) is 0 Å². The van der Waals surface area contributed by atoms with Gasteiger partial charge in [0.25, 0.3) is 0 Å². The molecular formula is C26H26BrClN2OS. The van der Waals surface area contributed by atoms with Crippen LogP contribution in [-0.4, -0.2) is 12.1 Å². The first kappa shape index (κ1) is 23.3. The van der Waals surface area contributed by atoms with Gasteiger partial charge in [0.1, 0.15) is 16.8 Å². The minimum absolute atomic E-state index is 0.195. The Morgan fingerprint density at radius 2 is 1.94 bits per heavy atom. The first-order valence-electron chi connectivity index (χ1n) is 10.7. The lowest BCUT2D eigenvalue weighted by Gasteiger charge is -2.11. The van der Waals surface area contributed by atoms with Crippen LogP contribution in [0.5, 0.6) is 5.75 Å². The van der Waals surface area contributed by atoms with Crippen LogP contribution in [0, 0.1) is 31.6 Å². The van der Waals surface area contributed by atoms with Crippen molar-refractivity contribution in [2.45, 2.75) is 45.1 Å². The molecule has 4 rings (SSSR count). The third-order valence-corrected chi connectivity index (χ3v) is 7.67. The van der Waals surface area contributed by atoms with E-state index in [1.807, 2.05) is 26.0 Å². The third-order valence-electron chi connectivity index (χ3n) is 5.77. The summed E-state index contributed by atoms with van der Waals surface area (Å²) in [5.74, 6) is 8.50. The fourth-order valence-corrected chi connectivity index (χ4v) is 5.17. The molecule has 0 spiro atoms. The second-order valence-electron chi connectivity index (χ2n) is 8.31. The predicted molar refractivity (Wildman–Crippen MR) is 138 cm³/mol. The Hall–Kier alpha value is -1.84. The van der Waals surface area contributed by atoms with Crippen molar-refractivity contribution in [3.63, 3.8) is 0 Å². The SMILES string of the molecule is COc1cc(Cl)c(-c2nc(C(N)C#C[C@@H](CC3CC3)c3ccc(Br)cc3)sc2C)cc1C. The molecule has 1 saturated carbocycles. The number of halogens is 2. The van der Waals surface area contributed by atoms with Crippen LogP contribution in [0.15, 0.2) is 40.9 Å². The highest BCUT2D eigenvalue weighted by atomic mass is 79.9. The topological polar surface area (TPSA) is 48.1 Å². The number of aromatic nitrogens is 1. The molecule has 166 valence electrons. The van der Waals surface area contributed by atoms with Gasteiger partial charge in [-0.3, -0.25) is 0 Å². The molecule has 0 radical (unpaired) electrons. The Balaban J connectivity index is 1.59. The summed E-state index contributed by atoms with van der Waals surface area (Å²) in [6.07, 6.45) is 3.69. The van der Waals surface area contributed by atoms with Crippen molar-refractivity contribution in [3.8, 4) is 28.8 Å². The third kappa shape index (κ3) is 5.38. The maximum atomic E-state index is 6.53. The van der Waals surface area contributed by atoms with E-state index >= 15 is 0 Å². The fourth-order valence-electron chi connectivity index (χ4n) is 3.78. The van der Waals surface area contributed by atoms with Crippen molar-refractivity contribution >= 4 is 38.9 Å². The molecule has 1 aliphatic carbocycles. The monoisotopic (exact) mass is 528 g/mol. The average Bonchev–Trinajstić information content (AvgIpc) is 3.52. The second kappa shape index (κ2) is 9.97. The first-order valence-corrected chi connectivity index (χ1v) is 12.7. The summed E-state index contributed by atoms with van der Waals surface area (Å²) < 4.78 is 6.45. The van der Waals surface area contributed by atoms with Gasteiger partial charge in [-0.25, -0.2) is 4.98 Å². The summed E-state index contributed by atoms with van der Waals surface area (Å²) in [4.78, 5) is 5.91. The van der Waals surface area contributed by atoms with E-state index in [-0.39, 0.29) is 5.92 Å². The number of thiazole rings is 1. The van der Waals surface area contributed by atoms with Gasteiger partial charge in [0.2, 0.25) is 0 Å². The van der Waals surface area contributed by atoms with E-state index < -0.39 is 6.04 Å². The molecule has 0 aliphatic heterocycles. The van der Waals surface area contributed by atoms with Gasteiger partial charge in [-0.2, -0.15) is 0 Å². The molecule has 3 aromatic rings. The van der Waals surface area contributed by atoms with Gasteiger partial charge in [-0.15, -0.1) is 11.3 Å². The molecule has 1 heterocycles. The molecule has 1 aliphatic rings. The van der Waals surface area contributed by atoms with Crippen molar-refractivity contribution < 1.29 is 4.74 Å². The molecule has 0 amide bonds. The minimum atomic E-state index is -0.428. The Morgan fingerprint density at radius 3 is 2.59 bits per heavy atom. The number of methoxy groups -OCH3 is 1. The highest BCUT2D eigenvalue weighted by Crippen LogP contribution is 2.39. The van der Waals surface area contributed by atoms with Crippen LogP contribution in [-0.2, 0) is 0 Å². The number of benzene rings is 2. The van der Waals surface area contributed by atoms with Crippen LogP contribution in [0.1, 0.15) is 52.2 Å². The molecule has 1 aromatic heterocycles. The van der Waals surface area contributed by atoms with E-state index in [0.29, 0.717) is 5.02 Å². The standard InChI is InChI=1S/C26H26BrClN2OS/c1-15-12-21(22(28)14-24(15)31-3)25-16(2)32-26(30-25)23(29)11-8-19(13-17-4-5-17)18-6-9-20(27)10-7-18/h6-7,9-10,12,14,17,19,23H,4-5,13,29H2,1-3H3/t19-,23?/m0/s1. The second-order valence-corrected chi connectivity index (χ2v) is 10.9. The van der Waals surface area contributed by atoms with Gasteiger partial charge >= 0.3 is 0 Å². The summed E-state index contributed by atoms with van der Waals surface area (Å²) in [6.45, 7) is 4.05. The highest BCUT2D eigenvalue weighted by Gasteiger charge is 2.25. The normalized spacial score (nSPS) is 15.1. The molecule has 32 heavy (non-hydrogen) atoms. The van der Waals surface area contributed by atoms with Crippen molar-refractivity contribution in [1.82, 2.24) is 4.98 Å². The van der Waals surface area contributed by atoms with Crippen molar-refractivity contribution in [2.75, 3.05) is 7.11 Å². The van der Waals surface area contributed by atoms with Crippen LogP contribution in [0.4, 0.5) is 0 Å². The smallest absolute Gasteiger partial charge is 0.123 e. The summed E-state index contributed by atoms with van der Waals surface area (Å²) in [7, 11) is 1.65. The lowest BCUT2D eigenvalue weighted by molar-refractivity contribution is 0.412. The van der Waals surface area contributed by atoms with Crippen LogP contribution in [0.2, 0.25) is 5.02 Å². The minimum Gasteiger partial charge on any atom is -0.496 e. The maximum Gasteiger partial charge on any atom is 0.123 e. The number of hydrogen-bond acceptors (Lipinski definition) is 4. The highest BCUT2D eigenvalue weighted by molar-refractivity contribution is 9.10. The summed E-state index contributed by atoms with van der Waals surface area (Å²) in [5.41, 5.74) is 10.5. The Morgan fingerprint density at radius 1 is 1.22 bits per heavy atom. The number of nitrogens with two attached hydrogens (primary N) is 1. The molecule has 1 fully saturated rings. The van der Waals surface area contributed by atoms with Gasteiger partial charge in [-0.1, -0.05) is 64.3 Å². The fraction of sp³-hybridized carbons (Fsp3) is 0.346.